The zero-order valence-corrected chi connectivity index (χ0v) is 16.7. The first-order chi connectivity index (χ1) is 14.0. The van der Waals surface area contributed by atoms with Crippen LogP contribution in [0.15, 0.2) is 48.6 Å². The third-order valence-electron chi connectivity index (χ3n) is 6.31. The standard InChI is InChI=1S/C24H31FO4/c25-21-15-23(27)20(9-3-1-2-4-10-24(28)29)19(21)11-12-22(26)18-13-16-7-5-6-8-17(16)14-18/h1,3,5-8,11-12,18-23,26-27H,2,4,9-10,13-15H2,(H,28,29)/b3-1?,12-11+/t19-,20-,21+,22+,23+/m1/s1. The fraction of sp³-hybridized carbons (Fsp3) is 0.542. The summed E-state index contributed by atoms with van der Waals surface area (Å²) >= 11 is 0. The van der Waals surface area contributed by atoms with Crippen molar-refractivity contribution >= 4 is 5.97 Å². The molecule has 1 aromatic rings. The highest BCUT2D eigenvalue weighted by atomic mass is 19.1. The van der Waals surface area contributed by atoms with Crippen molar-refractivity contribution in [1.29, 1.82) is 0 Å². The Morgan fingerprint density at radius 3 is 2.55 bits per heavy atom. The fourth-order valence-electron chi connectivity index (χ4n) is 4.64. The van der Waals surface area contributed by atoms with Gasteiger partial charge in [-0.1, -0.05) is 48.6 Å². The van der Waals surface area contributed by atoms with Crippen LogP contribution in [-0.2, 0) is 17.6 Å². The summed E-state index contributed by atoms with van der Waals surface area (Å²) in [5.41, 5.74) is 2.55. The molecule has 4 nitrogen and oxygen atoms in total. The molecule has 5 heteroatoms. The summed E-state index contributed by atoms with van der Waals surface area (Å²) in [6.45, 7) is 0. The number of carbonyl (C=O) groups is 1. The minimum absolute atomic E-state index is 0.112. The Labute approximate surface area is 171 Å². The van der Waals surface area contributed by atoms with E-state index in [9.17, 15) is 19.4 Å². The van der Waals surface area contributed by atoms with Crippen LogP contribution in [0.3, 0.4) is 0 Å². The largest absolute Gasteiger partial charge is 0.481 e. The Balaban J connectivity index is 1.53. The molecular formula is C24H31FO4. The average Bonchev–Trinajstić information content (AvgIpc) is 3.23. The van der Waals surface area contributed by atoms with Crippen LogP contribution in [0.5, 0.6) is 0 Å². The minimum Gasteiger partial charge on any atom is -0.481 e. The molecule has 0 aromatic heterocycles. The lowest BCUT2D eigenvalue weighted by Gasteiger charge is -2.20. The summed E-state index contributed by atoms with van der Waals surface area (Å²) in [4.78, 5) is 10.5. The number of halogens is 1. The number of hydrogen-bond acceptors (Lipinski definition) is 3. The number of alkyl halides is 1. The van der Waals surface area contributed by atoms with E-state index in [1.165, 1.54) is 11.1 Å². The second-order valence-electron chi connectivity index (χ2n) is 8.37. The third kappa shape index (κ3) is 5.77. The van der Waals surface area contributed by atoms with Crippen LogP contribution in [0.1, 0.15) is 43.2 Å². The quantitative estimate of drug-likeness (QED) is 0.433. The van der Waals surface area contributed by atoms with E-state index in [1.807, 2.05) is 24.3 Å². The van der Waals surface area contributed by atoms with Gasteiger partial charge < -0.3 is 15.3 Å². The van der Waals surface area contributed by atoms with Gasteiger partial charge in [-0.05, 0) is 55.1 Å². The van der Waals surface area contributed by atoms with Gasteiger partial charge in [-0.15, -0.1) is 0 Å². The summed E-state index contributed by atoms with van der Waals surface area (Å²) in [5, 5.41) is 29.5. The SMILES string of the molecule is O=C(O)CCCC=CC[C@@H]1[C@@H](/C=C/[C@H](O)C2Cc3ccccc3C2)[C@@H](F)C[C@@H]1O. The lowest BCUT2D eigenvalue weighted by Crippen LogP contribution is -2.21. The van der Waals surface area contributed by atoms with Crippen molar-refractivity contribution in [2.45, 2.75) is 63.3 Å². The van der Waals surface area contributed by atoms with Crippen LogP contribution in [0, 0.1) is 17.8 Å². The van der Waals surface area contributed by atoms with E-state index >= 15 is 0 Å². The maximum atomic E-state index is 14.5. The summed E-state index contributed by atoms with van der Waals surface area (Å²) in [5.74, 6) is -1.32. The smallest absolute Gasteiger partial charge is 0.303 e. The van der Waals surface area contributed by atoms with Crippen molar-refractivity contribution in [2.24, 2.45) is 17.8 Å². The third-order valence-corrected chi connectivity index (χ3v) is 6.31. The molecule has 1 saturated carbocycles. The first-order valence-electron chi connectivity index (χ1n) is 10.6. The highest BCUT2D eigenvalue weighted by Gasteiger charge is 2.40. The number of benzene rings is 1. The fourth-order valence-corrected chi connectivity index (χ4v) is 4.64. The highest BCUT2D eigenvalue weighted by Crippen LogP contribution is 2.38. The van der Waals surface area contributed by atoms with E-state index in [0.29, 0.717) is 19.3 Å². The number of rotatable bonds is 9. The summed E-state index contributed by atoms with van der Waals surface area (Å²) in [7, 11) is 0. The zero-order valence-electron chi connectivity index (χ0n) is 16.7. The highest BCUT2D eigenvalue weighted by molar-refractivity contribution is 5.66. The molecule has 0 heterocycles. The van der Waals surface area contributed by atoms with Crippen molar-refractivity contribution in [3.63, 3.8) is 0 Å². The lowest BCUT2D eigenvalue weighted by atomic mass is 9.89. The topological polar surface area (TPSA) is 77.8 Å². The van der Waals surface area contributed by atoms with Crippen molar-refractivity contribution in [2.75, 3.05) is 0 Å². The molecule has 5 atom stereocenters. The predicted octanol–water partition coefficient (Wildman–Crippen LogP) is 3.85. The molecule has 0 saturated heterocycles. The second kappa shape index (κ2) is 10.2. The number of aliphatic hydroxyl groups excluding tert-OH is 2. The predicted molar refractivity (Wildman–Crippen MR) is 110 cm³/mol. The number of allylic oxidation sites excluding steroid dienone is 3. The Morgan fingerprint density at radius 2 is 1.90 bits per heavy atom. The Hall–Kier alpha value is -1.98. The van der Waals surface area contributed by atoms with Crippen LogP contribution in [0.2, 0.25) is 0 Å². The van der Waals surface area contributed by atoms with Gasteiger partial charge in [-0.25, -0.2) is 4.39 Å². The Kier molecular flexibility index (Phi) is 7.62. The molecule has 3 rings (SSSR count). The molecule has 0 unspecified atom stereocenters. The van der Waals surface area contributed by atoms with E-state index in [1.54, 1.807) is 12.2 Å². The van der Waals surface area contributed by atoms with E-state index in [-0.39, 0.29) is 24.7 Å². The molecule has 2 aliphatic rings. The number of fused-ring (bicyclic) bond motifs is 1. The first-order valence-corrected chi connectivity index (χ1v) is 10.6. The van der Waals surface area contributed by atoms with Crippen LogP contribution in [-0.4, -0.2) is 39.7 Å². The van der Waals surface area contributed by atoms with Gasteiger partial charge in [0.05, 0.1) is 12.2 Å². The van der Waals surface area contributed by atoms with Gasteiger partial charge >= 0.3 is 5.97 Å². The van der Waals surface area contributed by atoms with Gasteiger partial charge in [0, 0.05) is 18.8 Å². The maximum absolute atomic E-state index is 14.5. The molecule has 2 aliphatic carbocycles. The summed E-state index contributed by atoms with van der Waals surface area (Å²) < 4.78 is 14.5. The van der Waals surface area contributed by atoms with Gasteiger partial charge in [0.25, 0.3) is 0 Å². The van der Waals surface area contributed by atoms with E-state index < -0.39 is 30.3 Å². The number of carboxylic acid groups (broad SMARTS) is 1. The van der Waals surface area contributed by atoms with E-state index in [0.717, 1.165) is 12.8 Å². The molecule has 3 N–H and O–H groups in total. The molecule has 29 heavy (non-hydrogen) atoms. The van der Waals surface area contributed by atoms with Gasteiger partial charge in [-0.2, -0.15) is 0 Å². The lowest BCUT2D eigenvalue weighted by molar-refractivity contribution is -0.137. The van der Waals surface area contributed by atoms with Crippen LogP contribution in [0.4, 0.5) is 4.39 Å². The molecular weight excluding hydrogens is 371 g/mol. The first kappa shape index (κ1) is 21.7. The van der Waals surface area contributed by atoms with Crippen LogP contribution < -0.4 is 0 Å². The monoisotopic (exact) mass is 402 g/mol. The molecule has 1 fully saturated rings. The number of aliphatic hydroxyl groups is 2. The molecule has 0 radical (unpaired) electrons. The average molecular weight is 403 g/mol. The molecule has 0 amide bonds. The Morgan fingerprint density at radius 1 is 1.21 bits per heavy atom. The normalized spacial score (nSPS) is 28.4. The number of carboxylic acids is 1. The molecule has 1 aromatic carbocycles. The maximum Gasteiger partial charge on any atom is 0.303 e. The van der Waals surface area contributed by atoms with Crippen molar-refractivity contribution < 1.29 is 24.5 Å². The van der Waals surface area contributed by atoms with Crippen molar-refractivity contribution in [3.05, 3.63) is 59.7 Å². The van der Waals surface area contributed by atoms with Crippen LogP contribution in [0.25, 0.3) is 0 Å². The van der Waals surface area contributed by atoms with Crippen molar-refractivity contribution in [3.8, 4) is 0 Å². The van der Waals surface area contributed by atoms with Gasteiger partial charge in [0.15, 0.2) is 0 Å². The van der Waals surface area contributed by atoms with Gasteiger partial charge in [0.1, 0.15) is 6.17 Å². The molecule has 0 bridgehead atoms. The summed E-state index contributed by atoms with van der Waals surface area (Å²) in [6, 6.07) is 8.21. The van der Waals surface area contributed by atoms with Crippen molar-refractivity contribution in [1.82, 2.24) is 0 Å². The molecule has 0 aliphatic heterocycles. The van der Waals surface area contributed by atoms with E-state index in [4.69, 9.17) is 5.11 Å². The number of unbranched alkanes of at least 4 members (excludes halogenated alkanes) is 1. The number of hydrogen-bond donors (Lipinski definition) is 3. The molecule has 158 valence electrons. The number of aliphatic carboxylic acids is 1. The zero-order chi connectivity index (χ0) is 20.8. The molecule has 0 spiro atoms. The minimum atomic E-state index is -1.11. The van der Waals surface area contributed by atoms with Gasteiger partial charge in [0.2, 0.25) is 0 Å². The van der Waals surface area contributed by atoms with Crippen LogP contribution >= 0.6 is 0 Å². The Bertz CT molecular complexity index is 719. The van der Waals surface area contributed by atoms with E-state index in [2.05, 4.69) is 12.1 Å². The van der Waals surface area contributed by atoms with Gasteiger partial charge in [-0.3, -0.25) is 4.79 Å². The summed E-state index contributed by atoms with van der Waals surface area (Å²) in [6.07, 6.45) is 8.57. The second-order valence-corrected chi connectivity index (χ2v) is 8.37.